The lowest BCUT2D eigenvalue weighted by atomic mass is 9.91. The number of nitrogens with one attached hydrogen (secondary N) is 1. The van der Waals surface area contributed by atoms with Gasteiger partial charge < -0.3 is 11.1 Å². The van der Waals surface area contributed by atoms with Gasteiger partial charge in [-0.25, -0.2) is 0 Å². The summed E-state index contributed by atoms with van der Waals surface area (Å²) in [6.07, 6.45) is 5.24. The van der Waals surface area contributed by atoms with E-state index in [9.17, 15) is 4.79 Å². The second kappa shape index (κ2) is 6.92. The topological polar surface area (TPSA) is 55.1 Å². The van der Waals surface area contributed by atoms with E-state index in [2.05, 4.69) is 5.32 Å². The van der Waals surface area contributed by atoms with Gasteiger partial charge in [-0.3, -0.25) is 4.79 Å². The Kier molecular flexibility index (Phi) is 5.23. The van der Waals surface area contributed by atoms with Crippen LogP contribution in [0.1, 0.15) is 43.7 Å². The minimum absolute atomic E-state index is 0.0364. The van der Waals surface area contributed by atoms with Crippen molar-refractivity contribution in [3.8, 4) is 0 Å². The number of amides is 1. The molecular weight excluding hydrogens is 260 g/mol. The number of rotatable bonds is 5. The molecule has 0 radical (unpaired) electrons. The molecule has 1 aliphatic carbocycles. The van der Waals surface area contributed by atoms with Gasteiger partial charge in [-0.15, -0.1) is 0 Å². The van der Waals surface area contributed by atoms with Crippen LogP contribution in [0.15, 0.2) is 24.3 Å². The highest BCUT2D eigenvalue weighted by Crippen LogP contribution is 2.36. The lowest BCUT2D eigenvalue weighted by Crippen LogP contribution is -2.33. The van der Waals surface area contributed by atoms with E-state index >= 15 is 0 Å². The first-order valence-electron chi connectivity index (χ1n) is 6.95. The highest BCUT2D eigenvalue weighted by molar-refractivity contribution is 6.30. The summed E-state index contributed by atoms with van der Waals surface area (Å²) in [5.41, 5.74) is 6.58. The van der Waals surface area contributed by atoms with Crippen LogP contribution in [-0.2, 0) is 4.79 Å². The van der Waals surface area contributed by atoms with Crippen molar-refractivity contribution in [2.24, 2.45) is 11.7 Å². The summed E-state index contributed by atoms with van der Waals surface area (Å²) in [5.74, 6) is 0.567. The molecule has 1 aromatic carbocycles. The Bertz CT molecular complexity index is 413. The molecule has 1 saturated carbocycles. The van der Waals surface area contributed by atoms with Crippen LogP contribution in [-0.4, -0.2) is 12.5 Å². The zero-order chi connectivity index (χ0) is 13.7. The van der Waals surface area contributed by atoms with Gasteiger partial charge in [-0.05, 0) is 36.5 Å². The van der Waals surface area contributed by atoms with Crippen LogP contribution in [0.3, 0.4) is 0 Å². The fraction of sp³-hybridized carbons (Fsp3) is 0.533. The lowest BCUT2D eigenvalue weighted by molar-refractivity contribution is -0.122. The molecule has 0 spiro atoms. The molecule has 0 heterocycles. The molecular formula is C15H21ClN2O. The molecule has 4 heteroatoms. The number of nitrogens with two attached hydrogens (primary N) is 1. The molecule has 3 N–H and O–H groups in total. The summed E-state index contributed by atoms with van der Waals surface area (Å²) in [6, 6.07) is 7.88. The second-order valence-corrected chi connectivity index (χ2v) is 5.62. The minimum Gasteiger partial charge on any atom is -0.349 e. The Labute approximate surface area is 119 Å². The number of hydrogen-bond acceptors (Lipinski definition) is 2. The Morgan fingerprint density at radius 3 is 2.53 bits per heavy atom. The van der Waals surface area contributed by atoms with Gasteiger partial charge in [0.15, 0.2) is 0 Å². The second-order valence-electron chi connectivity index (χ2n) is 5.18. The normalized spacial score (nSPS) is 17.4. The number of carbonyl (C=O) groups is 1. The number of carbonyl (C=O) groups excluding carboxylic acids is 1. The highest BCUT2D eigenvalue weighted by atomic mass is 35.5. The monoisotopic (exact) mass is 280 g/mol. The Hall–Kier alpha value is -1.06. The van der Waals surface area contributed by atoms with Crippen molar-refractivity contribution in [1.29, 1.82) is 0 Å². The van der Waals surface area contributed by atoms with E-state index in [4.69, 9.17) is 17.3 Å². The molecule has 0 aliphatic heterocycles. The third kappa shape index (κ3) is 3.95. The van der Waals surface area contributed by atoms with Gasteiger partial charge in [0.25, 0.3) is 0 Å². The first-order valence-corrected chi connectivity index (χ1v) is 7.33. The highest BCUT2D eigenvalue weighted by Gasteiger charge is 2.27. The number of benzene rings is 1. The number of hydrogen-bond donors (Lipinski definition) is 2. The SMILES string of the molecule is NCCC(=O)NC(c1ccc(Cl)cc1)C1CCCC1. The van der Waals surface area contributed by atoms with Crippen molar-refractivity contribution in [2.75, 3.05) is 6.54 Å². The summed E-state index contributed by atoms with van der Waals surface area (Å²) in [6.45, 7) is 0.393. The molecule has 0 bridgehead atoms. The van der Waals surface area contributed by atoms with Crippen molar-refractivity contribution in [2.45, 2.75) is 38.1 Å². The maximum atomic E-state index is 11.8. The fourth-order valence-electron chi connectivity index (χ4n) is 2.81. The van der Waals surface area contributed by atoms with E-state index in [1.54, 1.807) is 0 Å². The van der Waals surface area contributed by atoms with Gasteiger partial charge in [0.1, 0.15) is 0 Å². The third-order valence-electron chi connectivity index (χ3n) is 3.79. The minimum atomic E-state index is 0.0364. The molecule has 0 saturated heterocycles. The summed E-state index contributed by atoms with van der Waals surface area (Å²) < 4.78 is 0. The molecule has 1 aliphatic rings. The average Bonchev–Trinajstić information content (AvgIpc) is 2.91. The van der Waals surface area contributed by atoms with E-state index in [0.717, 1.165) is 10.6 Å². The molecule has 0 aromatic heterocycles. The smallest absolute Gasteiger partial charge is 0.221 e. The van der Waals surface area contributed by atoms with E-state index in [-0.39, 0.29) is 11.9 Å². The van der Waals surface area contributed by atoms with E-state index in [1.165, 1.54) is 25.7 Å². The quantitative estimate of drug-likeness (QED) is 0.871. The van der Waals surface area contributed by atoms with Gasteiger partial charge in [0.05, 0.1) is 6.04 Å². The summed E-state index contributed by atoms with van der Waals surface area (Å²) in [7, 11) is 0. The van der Waals surface area contributed by atoms with Crippen LogP contribution in [0.25, 0.3) is 0 Å². The van der Waals surface area contributed by atoms with Crippen LogP contribution in [0.4, 0.5) is 0 Å². The Morgan fingerprint density at radius 2 is 1.95 bits per heavy atom. The van der Waals surface area contributed by atoms with Gasteiger partial charge in [0.2, 0.25) is 5.91 Å². The van der Waals surface area contributed by atoms with Gasteiger partial charge >= 0.3 is 0 Å². The first-order chi connectivity index (χ1) is 9.20. The fourth-order valence-corrected chi connectivity index (χ4v) is 2.94. The molecule has 104 valence electrons. The predicted octanol–water partition coefficient (Wildman–Crippen LogP) is 3.04. The van der Waals surface area contributed by atoms with Crippen molar-refractivity contribution in [3.63, 3.8) is 0 Å². The molecule has 1 aromatic rings. The van der Waals surface area contributed by atoms with Crippen molar-refractivity contribution in [1.82, 2.24) is 5.32 Å². The van der Waals surface area contributed by atoms with Crippen molar-refractivity contribution < 1.29 is 4.79 Å². The number of halogens is 1. The maximum absolute atomic E-state index is 11.8. The van der Waals surface area contributed by atoms with Crippen LogP contribution < -0.4 is 11.1 Å². The first kappa shape index (κ1) is 14.4. The maximum Gasteiger partial charge on any atom is 0.221 e. The van der Waals surface area contributed by atoms with Crippen molar-refractivity contribution >= 4 is 17.5 Å². The Morgan fingerprint density at radius 1 is 1.32 bits per heavy atom. The van der Waals surface area contributed by atoms with E-state index < -0.39 is 0 Å². The van der Waals surface area contributed by atoms with Crippen LogP contribution in [0.2, 0.25) is 5.02 Å². The Balaban J connectivity index is 2.13. The van der Waals surface area contributed by atoms with Gasteiger partial charge in [-0.1, -0.05) is 36.6 Å². The van der Waals surface area contributed by atoms with E-state index in [0.29, 0.717) is 18.9 Å². The van der Waals surface area contributed by atoms with Crippen LogP contribution in [0.5, 0.6) is 0 Å². The molecule has 1 unspecified atom stereocenters. The van der Waals surface area contributed by atoms with Crippen LogP contribution >= 0.6 is 11.6 Å². The predicted molar refractivity (Wildman–Crippen MR) is 78.0 cm³/mol. The average molecular weight is 281 g/mol. The zero-order valence-electron chi connectivity index (χ0n) is 11.1. The molecule has 1 fully saturated rings. The van der Waals surface area contributed by atoms with Crippen LogP contribution in [0, 0.1) is 5.92 Å². The molecule has 1 amide bonds. The largest absolute Gasteiger partial charge is 0.349 e. The van der Waals surface area contributed by atoms with Gasteiger partial charge in [0, 0.05) is 18.0 Å². The standard InChI is InChI=1S/C15H21ClN2O/c16-13-7-5-12(6-8-13)15(11-3-1-2-4-11)18-14(19)9-10-17/h5-8,11,15H,1-4,9-10,17H2,(H,18,19). The summed E-state index contributed by atoms with van der Waals surface area (Å²) in [5, 5.41) is 3.86. The zero-order valence-corrected chi connectivity index (χ0v) is 11.8. The van der Waals surface area contributed by atoms with Gasteiger partial charge in [-0.2, -0.15) is 0 Å². The third-order valence-corrected chi connectivity index (χ3v) is 4.04. The molecule has 1 atom stereocenters. The lowest BCUT2D eigenvalue weighted by Gasteiger charge is -2.25. The van der Waals surface area contributed by atoms with Crippen molar-refractivity contribution in [3.05, 3.63) is 34.9 Å². The molecule has 3 nitrogen and oxygen atoms in total. The molecule has 19 heavy (non-hydrogen) atoms. The molecule has 2 rings (SSSR count). The summed E-state index contributed by atoms with van der Waals surface area (Å²) >= 11 is 5.93. The summed E-state index contributed by atoms with van der Waals surface area (Å²) in [4.78, 5) is 11.8. The van der Waals surface area contributed by atoms with E-state index in [1.807, 2.05) is 24.3 Å².